The van der Waals surface area contributed by atoms with E-state index in [4.69, 9.17) is 10.2 Å². The highest BCUT2D eigenvalue weighted by Crippen LogP contribution is 2.28. The van der Waals surface area contributed by atoms with E-state index in [1.807, 2.05) is 35.2 Å². The molecule has 3 rings (SSSR count). The third-order valence-corrected chi connectivity index (χ3v) is 6.68. The van der Waals surface area contributed by atoms with Crippen molar-refractivity contribution in [1.29, 1.82) is 5.26 Å². The summed E-state index contributed by atoms with van der Waals surface area (Å²) in [4.78, 5) is 4.79. The Kier molecular flexibility index (Phi) is 7.19. The minimum absolute atomic E-state index is 0.0837. The topological polar surface area (TPSA) is 87.8 Å². The number of imidazole rings is 1. The summed E-state index contributed by atoms with van der Waals surface area (Å²) in [5.74, 6) is 1.09. The minimum Gasteiger partial charge on any atom is -0.329 e. The first-order valence-corrected chi connectivity index (χ1v) is 12.4. The lowest BCUT2D eigenvalue weighted by Gasteiger charge is -2.11. The zero-order chi connectivity index (χ0) is 21.6. The van der Waals surface area contributed by atoms with Gasteiger partial charge in [-0.1, -0.05) is 55.8 Å². The van der Waals surface area contributed by atoms with E-state index >= 15 is 0 Å². The van der Waals surface area contributed by atoms with Gasteiger partial charge < -0.3 is 4.57 Å². The Balaban J connectivity index is 1.87. The van der Waals surface area contributed by atoms with E-state index in [2.05, 4.69) is 17.7 Å². The maximum absolute atomic E-state index is 12.3. The number of rotatable bonds is 9. The molecule has 0 fully saturated rings. The van der Waals surface area contributed by atoms with Crippen LogP contribution < -0.4 is 4.72 Å². The molecule has 0 amide bonds. The quantitative estimate of drug-likeness (QED) is 0.302. The van der Waals surface area contributed by atoms with Crippen LogP contribution in [0, 0.1) is 11.5 Å². The second-order valence-corrected chi connectivity index (χ2v) is 9.32. The first-order valence-electron chi connectivity index (χ1n) is 9.67. The maximum atomic E-state index is 12.3. The van der Waals surface area contributed by atoms with Crippen LogP contribution in [0.3, 0.4) is 0 Å². The number of sulfonamides is 1. The monoisotopic (exact) mass is 440 g/mol. The lowest BCUT2D eigenvalue weighted by atomic mass is 10.0. The Labute approximate surface area is 182 Å². The van der Waals surface area contributed by atoms with Crippen LogP contribution in [0.15, 0.2) is 64.6 Å². The zero-order valence-electron chi connectivity index (χ0n) is 17.0. The molecule has 156 valence electrons. The van der Waals surface area contributed by atoms with Crippen molar-refractivity contribution < 1.29 is 8.42 Å². The van der Waals surface area contributed by atoms with E-state index in [0.29, 0.717) is 12.1 Å². The number of aromatic nitrogens is 2. The van der Waals surface area contributed by atoms with Gasteiger partial charge in [0.2, 0.25) is 0 Å². The van der Waals surface area contributed by atoms with E-state index < -0.39 is 10.0 Å². The molecule has 0 radical (unpaired) electrons. The molecule has 6 nitrogen and oxygen atoms in total. The number of aryl methyl sites for hydroxylation is 1. The summed E-state index contributed by atoms with van der Waals surface area (Å²) < 4.78 is 28.8. The van der Waals surface area contributed by atoms with E-state index in [1.165, 1.54) is 12.3 Å². The third kappa shape index (κ3) is 5.04. The molecule has 0 aliphatic carbocycles. The Morgan fingerprint density at radius 2 is 1.90 bits per heavy atom. The number of hydrogen-bond donors (Lipinski definition) is 1. The molecule has 1 heterocycles. The van der Waals surface area contributed by atoms with Gasteiger partial charge in [-0.05, 0) is 29.9 Å². The third-order valence-electron chi connectivity index (χ3n) is 4.77. The Hall–Kier alpha value is -2.76. The van der Waals surface area contributed by atoms with Crippen molar-refractivity contribution >= 4 is 21.8 Å². The Morgan fingerprint density at radius 1 is 1.17 bits per heavy atom. The van der Waals surface area contributed by atoms with Crippen molar-refractivity contribution in [2.24, 2.45) is 0 Å². The van der Waals surface area contributed by atoms with Gasteiger partial charge in [0.1, 0.15) is 10.9 Å². The van der Waals surface area contributed by atoms with Gasteiger partial charge in [0, 0.05) is 24.7 Å². The van der Waals surface area contributed by atoms with Crippen LogP contribution in [0.2, 0.25) is 0 Å². The number of hydrogen-bond acceptors (Lipinski definition) is 5. The highest BCUT2D eigenvalue weighted by atomic mass is 32.2. The number of nitrogens with zero attached hydrogens (tertiary/aromatic N) is 3. The van der Waals surface area contributed by atoms with Crippen molar-refractivity contribution in [2.45, 2.75) is 42.7 Å². The predicted molar refractivity (Wildman–Crippen MR) is 120 cm³/mol. The van der Waals surface area contributed by atoms with Crippen LogP contribution >= 0.6 is 11.8 Å². The van der Waals surface area contributed by atoms with Crippen molar-refractivity contribution in [1.82, 2.24) is 14.3 Å². The van der Waals surface area contributed by atoms with Crippen molar-refractivity contribution in [3.8, 4) is 17.3 Å². The second-order valence-electron chi connectivity index (χ2n) is 6.84. The fourth-order valence-corrected chi connectivity index (χ4v) is 4.63. The molecule has 2 aromatic carbocycles. The molecule has 3 aromatic rings. The normalized spacial score (nSPS) is 11.2. The number of nitrogens with one attached hydrogen (secondary N) is 1. The first kappa shape index (κ1) is 21.9. The SMILES string of the molecule is CCCCc1nc(SC)cn1Cc1ccc(-c2ccccc2S(=O)(=O)NC#N)cc1. The lowest BCUT2D eigenvalue weighted by molar-refractivity contribution is 0.591. The Morgan fingerprint density at radius 3 is 2.57 bits per heavy atom. The summed E-state index contributed by atoms with van der Waals surface area (Å²) in [7, 11) is -3.89. The van der Waals surface area contributed by atoms with Crippen LogP contribution in [-0.2, 0) is 23.0 Å². The second kappa shape index (κ2) is 9.83. The summed E-state index contributed by atoms with van der Waals surface area (Å²) >= 11 is 1.64. The number of thioether (sulfide) groups is 1. The van der Waals surface area contributed by atoms with Crippen LogP contribution in [0.25, 0.3) is 11.1 Å². The number of benzene rings is 2. The summed E-state index contributed by atoms with van der Waals surface area (Å²) in [6.07, 6.45) is 8.79. The summed E-state index contributed by atoms with van der Waals surface area (Å²) in [5, 5.41) is 9.76. The molecule has 0 aliphatic rings. The molecule has 30 heavy (non-hydrogen) atoms. The molecule has 0 aliphatic heterocycles. The van der Waals surface area contributed by atoms with Crippen LogP contribution in [-0.4, -0.2) is 24.2 Å². The lowest BCUT2D eigenvalue weighted by Crippen LogP contribution is -2.18. The summed E-state index contributed by atoms with van der Waals surface area (Å²) in [5.41, 5.74) is 2.44. The fraction of sp³-hybridized carbons (Fsp3) is 0.273. The van der Waals surface area contributed by atoms with E-state index in [0.717, 1.165) is 41.2 Å². The number of nitriles is 1. The highest BCUT2D eigenvalue weighted by Gasteiger charge is 2.18. The summed E-state index contributed by atoms with van der Waals surface area (Å²) in [6.45, 7) is 2.88. The maximum Gasteiger partial charge on any atom is 0.270 e. The smallest absolute Gasteiger partial charge is 0.270 e. The van der Waals surface area contributed by atoms with Crippen LogP contribution in [0.1, 0.15) is 31.2 Å². The molecule has 0 atom stereocenters. The summed E-state index contributed by atoms with van der Waals surface area (Å²) in [6, 6.07) is 14.5. The van der Waals surface area contributed by atoms with E-state index in [-0.39, 0.29) is 4.90 Å². The zero-order valence-corrected chi connectivity index (χ0v) is 18.6. The van der Waals surface area contributed by atoms with Crippen molar-refractivity contribution in [3.05, 3.63) is 66.1 Å². The molecule has 0 unspecified atom stereocenters. The van der Waals surface area contributed by atoms with Crippen molar-refractivity contribution in [3.63, 3.8) is 0 Å². The predicted octanol–water partition coefficient (Wildman–Crippen LogP) is 4.42. The largest absolute Gasteiger partial charge is 0.329 e. The molecule has 0 spiro atoms. The van der Waals surface area contributed by atoms with Gasteiger partial charge in [-0.2, -0.15) is 5.26 Å². The van der Waals surface area contributed by atoms with Crippen LogP contribution in [0.4, 0.5) is 0 Å². The van der Waals surface area contributed by atoms with Gasteiger partial charge in [0.25, 0.3) is 10.0 Å². The van der Waals surface area contributed by atoms with Gasteiger partial charge in [-0.15, -0.1) is 11.8 Å². The van der Waals surface area contributed by atoms with Gasteiger partial charge in [0.05, 0.1) is 4.90 Å². The van der Waals surface area contributed by atoms with Gasteiger partial charge in [-0.3, -0.25) is 0 Å². The molecular formula is C22H24N4O2S2. The van der Waals surface area contributed by atoms with Crippen molar-refractivity contribution in [2.75, 3.05) is 6.26 Å². The molecule has 0 bridgehead atoms. The minimum atomic E-state index is -3.89. The molecular weight excluding hydrogens is 416 g/mol. The van der Waals surface area contributed by atoms with E-state index in [1.54, 1.807) is 30.0 Å². The van der Waals surface area contributed by atoms with Gasteiger partial charge in [0.15, 0.2) is 6.19 Å². The Bertz CT molecular complexity index is 1150. The van der Waals surface area contributed by atoms with E-state index in [9.17, 15) is 8.42 Å². The molecule has 1 N–H and O–H groups in total. The van der Waals surface area contributed by atoms with Gasteiger partial charge >= 0.3 is 0 Å². The molecule has 1 aromatic heterocycles. The molecule has 8 heteroatoms. The average molecular weight is 441 g/mol. The van der Waals surface area contributed by atoms with Crippen LogP contribution in [0.5, 0.6) is 0 Å². The molecule has 0 saturated carbocycles. The standard InChI is InChI=1S/C22H24N4O2S2/c1-3-4-9-21-25-22(29-2)15-26(21)14-17-10-12-18(13-11-17)19-7-5-6-8-20(19)30(27,28)24-16-23/h5-8,10-13,15,24H,3-4,9,14H2,1-2H3. The average Bonchev–Trinajstić information content (AvgIpc) is 3.14. The fourth-order valence-electron chi connectivity index (χ4n) is 3.24. The van der Waals surface area contributed by atoms with Gasteiger partial charge in [-0.25, -0.2) is 18.1 Å². The first-order chi connectivity index (χ1) is 14.5. The highest BCUT2D eigenvalue weighted by molar-refractivity contribution is 7.98. The number of unbranched alkanes of at least 4 members (excludes halogenated alkanes) is 1. The molecule has 0 saturated heterocycles.